The van der Waals surface area contributed by atoms with Crippen LogP contribution in [0.2, 0.25) is 0 Å². The van der Waals surface area contributed by atoms with Gasteiger partial charge >= 0.3 is 0 Å². The first-order valence-electron chi connectivity index (χ1n) is 6.80. The van der Waals surface area contributed by atoms with Crippen LogP contribution in [0.5, 0.6) is 0 Å². The van der Waals surface area contributed by atoms with Crippen LogP contribution in [-0.2, 0) is 0 Å². The van der Waals surface area contributed by atoms with Crippen molar-refractivity contribution in [3.63, 3.8) is 0 Å². The number of benzene rings is 1. The Morgan fingerprint density at radius 1 is 1.13 bits per heavy atom. The highest BCUT2D eigenvalue weighted by Crippen LogP contribution is 2.18. The van der Waals surface area contributed by atoms with E-state index >= 15 is 0 Å². The molecule has 0 N–H and O–H groups in total. The van der Waals surface area contributed by atoms with Gasteiger partial charge in [-0.1, -0.05) is 0 Å². The van der Waals surface area contributed by atoms with Gasteiger partial charge in [0.05, 0.1) is 16.8 Å². The van der Waals surface area contributed by atoms with Crippen LogP contribution in [0, 0.1) is 25.5 Å². The van der Waals surface area contributed by atoms with Crippen molar-refractivity contribution in [2.45, 2.75) is 13.8 Å². The van der Waals surface area contributed by atoms with Gasteiger partial charge in [-0.05, 0) is 43.0 Å². The molecule has 118 valence electrons. The molecule has 0 radical (unpaired) electrons. The molecule has 0 aliphatic rings. The summed E-state index contributed by atoms with van der Waals surface area (Å²) in [4.78, 5) is 5.84. The van der Waals surface area contributed by atoms with Crippen LogP contribution in [0.25, 0.3) is 0 Å². The summed E-state index contributed by atoms with van der Waals surface area (Å²) in [5.41, 5.74) is 2.13. The van der Waals surface area contributed by atoms with Crippen molar-refractivity contribution >= 4 is 34.6 Å². The number of hydrogen-bond donors (Lipinski definition) is 0. The number of hydrogen-bond acceptors (Lipinski definition) is 4. The zero-order chi connectivity index (χ0) is 16.4. The molecule has 3 rings (SSSR count). The van der Waals surface area contributed by atoms with Crippen LogP contribution in [-0.4, -0.2) is 10.9 Å². The van der Waals surface area contributed by atoms with Gasteiger partial charge in [-0.25, -0.2) is 18.4 Å². The van der Waals surface area contributed by atoms with Gasteiger partial charge in [-0.3, -0.25) is 0 Å². The highest BCUT2D eigenvalue weighted by atomic mass is 32.1. The van der Waals surface area contributed by atoms with Crippen LogP contribution in [0.4, 0.5) is 14.5 Å². The van der Waals surface area contributed by atoms with Crippen LogP contribution in [0.1, 0.15) is 16.1 Å². The van der Waals surface area contributed by atoms with Crippen LogP contribution >= 0.6 is 22.7 Å². The lowest BCUT2D eigenvalue weighted by Gasteiger charge is -1.99. The first kappa shape index (κ1) is 15.8. The van der Waals surface area contributed by atoms with E-state index in [-0.39, 0.29) is 5.69 Å². The number of thiophene rings is 1. The Hall–Kier alpha value is -2.12. The molecule has 2 aromatic heterocycles. The second-order valence-corrected chi connectivity index (χ2v) is 6.68. The summed E-state index contributed by atoms with van der Waals surface area (Å²) >= 11 is 2.95. The second kappa shape index (κ2) is 6.55. The minimum absolute atomic E-state index is 0.0875. The molecule has 7 heteroatoms. The highest BCUT2D eigenvalue weighted by Gasteiger charge is 2.05. The number of nitrogens with zero attached hydrogens (tertiary/aromatic N) is 3. The van der Waals surface area contributed by atoms with E-state index in [9.17, 15) is 8.78 Å². The topological polar surface area (TPSA) is 29.6 Å². The number of thiazole rings is 1. The van der Waals surface area contributed by atoms with Gasteiger partial charge in [-0.2, -0.15) is 5.10 Å². The maximum Gasteiger partial charge on any atom is 0.211 e. The molecule has 0 unspecified atom stereocenters. The first-order valence-corrected chi connectivity index (χ1v) is 8.56. The number of rotatable bonds is 3. The summed E-state index contributed by atoms with van der Waals surface area (Å²) in [6.07, 6.45) is 1.76. The number of aromatic nitrogens is 1. The van der Waals surface area contributed by atoms with E-state index in [4.69, 9.17) is 0 Å². The van der Waals surface area contributed by atoms with Gasteiger partial charge < -0.3 is 0 Å². The Morgan fingerprint density at radius 2 is 1.96 bits per heavy atom. The molecule has 0 bridgehead atoms. The lowest BCUT2D eigenvalue weighted by Crippen LogP contribution is -2.11. The molecule has 3 aromatic rings. The van der Waals surface area contributed by atoms with Crippen molar-refractivity contribution in [3.05, 3.63) is 67.6 Å². The third-order valence-corrected chi connectivity index (χ3v) is 5.06. The Balaban J connectivity index is 2.03. The standard InChI is InChI=1S/C16H13F2N3S2/c1-10-5-6-22-15(10)8-19-21-11(2)9-23-16(21)20-14-4-3-12(17)7-13(14)18/h3-9H,1-2H3. The van der Waals surface area contributed by atoms with Gasteiger partial charge in [0, 0.05) is 11.4 Å². The van der Waals surface area contributed by atoms with E-state index in [1.807, 2.05) is 30.7 Å². The van der Waals surface area contributed by atoms with Crippen molar-refractivity contribution in [2.75, 3.05) is 0 Å². The zero-order valence-corrected chi connectivity index (χ0v) is 14.1. The molecule has 0 aliphatic carbocycles. The maximum absolute atomic E-state index is 13.8. The normalized spacial score (nSPS) is 12.4. The molecule has 0 atom stereocenters. The smallest absolute Gasteiger partial charge is 0.211 e. The average molecular weight is 349 g/mol. The summed E-state index contributed by atoms with van der Waals surface area (Å²) in [7, 11) is 0. The van der Waals surface area contributed by atoms with E-state index < -0.39 is 11.6 Å². The third kappa shape index (κ3) is 3.46. The molecule has 0 fully saturated rings. The lowest BCUT2D eigenvalue weighted by atomic mass is 10.3. The Morgan fingerprint density at radius 3 is 2.65 bits per heavy atom. The molecule has 0 amide bonds. The van der Waals surface area contributed by atoms with Gasteiger partial charge in [0.15, 0.2) is 5.82 Å². The van der Waals surface area contributed by atoms with Crippen LogP contribution in [0.3, 0.4) is 0 Å². The maximum atomic E-state index is 13.8. The van der Waals surface area contributed by atoms with E-state index in [1.165, 1.54) is 23.5 Å². The number of halogens is 2. The van der Waals surface area contributed by atoms with Gasteiger partial charge in [0.1, 0.15) is 11.5 Å². The largest absolute Gasteiger partial charge is 0.217 e. The van der Waals surface area contributed by atoms with Crippen molar-refractivity contribution in [2.24, 2.45) is 10.1 Å². The van der Waals surface area contributed by atoms with Crippen LogP contribution < -0.4 is 4.80 Å². The quantitative estimate of drug-likeness (QED) is 0.618. The fraction of sp³-hybridized carbons (Fsp3) is 0.125. The van der Waals surface area contributed by atoms with Crippen LogP contribution in [0.15, 0.2) is 45.1 Å². The lowest BCUT2D eigenvalue weighted by molar-refractivity contribution is 0.584. The molecule has 3 nitrogen and oxygen atoms in total. The molecular weight excluding hydrogens is 336 g/mol. The van der Waals surface area contributed by atoms with E-state index in [1.54, 1.807) is 22.2 Å². The predicted octanol–water partition coefficient (Wildman–Crippen LogP) is 4.62. The van der Waals surface area contributed by atoms with Crippen molar-refractivity contribution in [3.8, 4) is 0 Å². The fourth-order valence-corrected chi connectivity index (χ4v) is 3.50. The van der Waals surface area contributed by atoms with Gasteiger partial charge in [0.2, 0.25) is 4.80 Å². The molecular formula is C16H13F2N3S2. The molecule has 0 aliphatic heterocycles. The molecule has 0 saturated heterocycles. The predicted molar refractivity (Wildman–Crippen MR) is 90.7 cm³/mol. The Labute approximate surface area is 139 Å². The minimum Gasteiger partial charge on any atom is -0.217 e. The van der Waals surface area contributed by atoms with Crippen molar-refractivity contribution in [1.29, 1.82) is 0 Å². The molecule has 23 heavy (non-hydrogen) atoms. The average Bonchev–Trinajstić information content (AvgIpc) is 3.06. The fourth-order valence-electron chi connectivity index (χ4n) is 1.90. The first-order chi connectivity index (χ1) is 11.0. The summed E-state index contributed by atoms with van der Waals surface area (Å²) < 4.78 is 28.4. The molecule has 1 aromatic carbocycles. The van der Waals surface area contributed by atoms with E-state index in [0.717, 1.165) is 22.2 Å². The highest BCUT2D eigenvalue weighted by molar-refractivity contribution is 7.11. The summed E-state index contributed by atoms with van der Waals surface area (Å²) in [6.45, 7) is 3.91. The summed E-state index contributed by atoms with van der Waals surface area (Å²) in [5, 5.41) is 8.32. The van der Waals surface area contributed by atoms with E-state index in [2.05, 4.69) is 10.1 Å². The third-order valence-electron chi connectivity index (χ3n) is 3.17. The number of aryl methyl sites for hydroxylation is 2. The Kier molecular flexibility index (Phi) is 4.49. The van der Waals surface area contributed by atoms with Gasteiger partial charge in [0.25, 0.3) is 0 Å². The van der Waals surface area contributed by atoms with E-state index in [0.29, 0.717) is 4.80 Å². The molecule has 2 heterocycles. The molecule has 0 saturated carbocycles. The SMILES string of the molecule is Cc1ccsc1C=Nn1c(C)csc1=Nc1ccc(F)cc1F. The second-order valence-electron chi connectivity index (χ2n) is 4.89. The summed E-state index contributed by atoms with van der Waals surface area (Å²) in [5.74, 6) is -1.32. The minimum atomic E-state index is -0.694. The summed E-state index contributed by atoms with van der Waals surface area (Å²) in [6, 6.07) is 5.35. The zero-order valence-electron chi connectivity index (χ0n) is 12.5. The monoisotopic (exact) mass is 349 g/mol. The molecule has 0 spiro atoms. The van der Waals surface area contributed by atoms with Gasteiger partial charge in [-0.15, -0.1) is 22.7 Å². The van der Waals surface area contributed by atoms with Crippen molar-refractivity contribution in [1.82, 2.24) is 4.68 Å². The Bertz CT molecular complexity index is 935. The van der Waals surface area contributed by atoms with Crippen molar-refractivity contribution < 1.29 is 8.78 Å².